The molecular weight excluding hydrogens is 274 g/mol. The number of hydrogen-bond donors (Lipinski definition) is 2. The first-order valence-corrected chi connectivity index (χ1v) is 8.10. The van der Waals surface area contributed by atoms with Crippen molar-refractivity contribution in [1.29, 1.82) is 0 Å². The van der Waals surface area contributed by atoms with Gasteiger partial charge in [0, 0.05) is 56.5 Å². The van der Waals surface area contributed by atoms with Crippen molar-refractivity contribution in [2.45, 2.75) is 6.04 Å². The Morgan fingerprint density at radius 2 is 2.25 bits per heavy atom. The zero-order valence-electron chi connectivity index (χ0n) is 12.1. The highest BCUT2D eigenvalue weighted by Gasteiger charge is 2.20. The average Bonchev–Trinajstić information content (AvgIpc) is 2.87. The van der Waals surface area contributed by atoms with Crippen molar-refractivity contribution in [2.75, 3.05) is 44.7 Å². The third kappa shape index (κ3) is 4.22. The fraction of sp³-hybridized carbons (Fsp3) is 0.692. The second-order valence-electron chi connectivity index (χ2n) is 4.91. The van der Waals surface area contributed by atoms with Crippen LogP contribution < -0.4 is 10.6 Å². The van der Waals surface area contributed by atoms with Crippen molar-refractivity contribution in [1.82, 2.24) is 25.3 Å². The lowest BCUT2D eigenvalue weighted by Crippen LogP contribution is -2.42. The Bertz CT molecular complexity index is 430. The van der Waals surface area contributed by atoms with Crippen LogP contribution in [0.25, 0.3) is 0 Å². The van der Waals surface area contributed by atoms with Gasteiger partial charge in [0.1, 0.15) is 6.04 Å². The number of aromatic nitrogens is 2. The molecule has 0 spiro atoms. The molecule has 7 heteroatoms. The van der Waals surface area contributed by atoms with Crippen LogP contribution in [0, 0.1) is 0 Å². The van der Waals surface area contributed by atoms with Crippen LogP contribution in [-0.2, 0) is 11.8 Å². The van der Waals surface area contributed by atoms with Gasteiger partial charge >= 0.3 is 0 Å². The van der Waals surface area contributed by atoms with Crippen molar-refractivity contribution in [3.8, 4) is 0 Å². The number of hydrogen-bond acceptors (Lipinski definition) is 5. The maximum atomic E-state index is 12.2. The van der Waals surface area contributed by atoms with Crippen LogP contribution in [-0.4, -0.2) is 65.3 Å². The normalized spacial score (nSPS) is 17.9. The molecule has 2 N–H and O–H groups in total. The minimum Gasteiger partial charge on any atom is -0.353 e. The number of nitrogens with one attached hydrogen (secondary N) is 2. The van der Waals surface area contributed by atoms with E-state index in [2.05, 4.69) is 20.6 Å². The lowest BCUT2D eigenvalue weighted by Gasteiger charge is -2.26. The number of carbonyl (C=O) groups excluding carboxylic acids is 1. The summed E-state index contributed by atoms with van der Waals surface area (Å²) in [4.78, 5) is 14.6. The van der Waals surface area contributed by atoms with Crippen molar-refractivity contribution in [2.24, 2.45) is 7.05 Å². The molecule has 0 bridgehead atoms. The number of carbonyl (C=O) groups is 1. The third-order valence-electron chi connectivity index (χ3n) is 3.44. The molecule has 1 unspecified atom stereocenters. The Morgan fingerprint density at radius 3 is 2.85 bits per heavy atom. The molecule has 2 rings (SSSR count). The van der Waals surface area contributed by atoms with Gasteiger partial charge < -0.3 is 10.6 Å². The second-order valence-corrected chi connectivity index (χ2v) is 6.14. The summed E-state index contributed by atoms with van der Waals surface area (Å²) in [6, 6.07) is -0.333. The van der Waals surface area contributed by atoms with Gasteiger partial charge in [0.15, 0.2) is 0 Å². The molecule has 1 atom stereocenters. The molecule has 2 heterocycles. The van der Waals surface area contributed by atoms with Crippen molar-refractivity contribution < 1.29 is 4.79 Å². The molecule has 1 fully saturated rings. The van der Waals surface area contributed by atoms with Crippen LogP contribution in [0.3, 0.4) is 0 Å². The van der Waals surface area contributed by atoms with E-state index in [4.69, 9.17) is 0 Å². The Hall–Kier alpha value is -1.05. The highest BCUT2D eigenvalue weighted by Crippen LogP contribution is 2.11. The molecule has 1 aromatic rings. The van der Waals surface area contributed by atoms with E-state index in [1.54, 1.807) is 17.9 Å². The van der Waals surface area contributed by atoms with E-state index in [1.807, 2.05) is 25.0 Å². The summed E-state index contributed by atoms with van der Waals surface area (Å²) in [6.07, 6.45) is 3.59. The summed E-state index contributed by atoms with van der Waals surface area (Å²) >= 11 is 2.00. The number of nitrogens with zero attached hydrogens (tertiary/aromatic N) is 3. The first-order valence-electron chi connectivity index (χ1n) is 6.94. The molecule has 0 aliphatic carbocycles. The summed E-state index contributed by atoms with van der Waals surface area (Å²) < 4.78 is 1.71. The Kier molecular flexibility index (Phi) is 5.87. The molecule has 1 aliphatic heterocycles. The van der Waals surface area contributed by atoms with Crippen LogP contribution >= 0.6 is 11.8 Å². The lowest BCUT2D eigenvalue weighted by molar-refractivity contribution is -0.123. The van der Waals surface area contributed by atoms with E-state index in [1.165, 1.54) is 11.5 Å². The predicted octanol–water partition coefficient (Wildman–Crippen LogP) is -0.154. The number of likely N-dealkylation sites (N-methyl/N-ethyl adjacent to an activating group) is 1. The van der Waals surface area contributed by atoms with E-state index in [-0.39, 0.29) is 11.9 Å². The van der Waals surface area contributed by atoms with Crippen molar-refractivity contribution in [3.05, 3.63) is 18.0 Å². The Labute approximate surface area is 124 Å². The summed E-state index contributed by atoms with van der Waals surface area (Å²) in [6.45, 7) is 3.87. The molecule has 1 aromatic heterocycles. The standard InChI is InChI=1S/C13H23N5OS/c1-14-12(11-9-16-17(2)10-11)13(19)15-3-4-18-5-7-20-8-6-18/h9-10,12,14H,3-8H2,1-2H3,(H,15,19). The van der Waals surface area contributed by atoms with E-state index >= 15 is 0 Å². The molecule has 1 saturated heterocycles. The molecule has 20 heavy (non-hydrogen) atoms. The maximum Gasteiger partial charge on any atom is 0.241 e. The molecule has 0 saturated carbocycles. The van der Waals surface area contributed by atoms with Crippen molar-refractivity contribution >= 4 is 17.7 Å². The lowest BCUT2D eigenvalue weighted by atomic mass is 10.1. The topological polar surface area (TPSA) is 62.2 Å². The molecule has 0 aromatic carbocycles. The quantitative estimate of drug-likeness (QED) is 0.764. The van der Waals surface area contributed by atoms with E-state index in [0.29, 0.717) is 6.54 Å². The zero-order chi connectivity index (χ0) is 14.4. The van der Waals surface area contributed by atoms with E-state index < -0.39 is 0 Å². The van der Waals surface area contributed by atoms with Gasteiger partial charge in [-0.1, -0.05) is 0 Å². The van der Waals surface area contributed by atoms with E-state index in [0.717, 1.165) is 25.2 Å². The van der Waals surface area contributed by atoms with Gasteiger partial charge in [-0.25, -0.2) is 0 Å². The first-order chi connectivity index (χ1) is 9.70. The van der Waals surface area contributed by atoms with Gasteiger partial charge in [0.2, 0.25) is 5.91 Å². The molecule has 1 aliphatic rings. The number of thioether (sulfide) groups is 1. The van der Waals surface area contributed by atoms with Crippen LogP contribution in [0.1, 0.15) is 11.6 Å². The minimum atomic E-state index is -0.333. The summed E-state index contributed by atoms with van der Waals surface area (Å²) in [5.41, 5.74) is 0.891. The molecule has 112 valence electrons. The summed E-state index contributed by atoms with van der Waals surface area (Å²) in [5.74, 6) is 2.40. The van der Waals surface area contributed by atoms with Crippen LogP contribution in [0.4, 0.5) is 0 Å². The number of amides is 1. The Balaban J connectivity index is 1.77. The first kappa shape index (κ1) is 15.3. The van der Waals surface area contributed by atoms with Gasteiger partial charge in [-0.2, -0.15) is 16.9 Å². The highest BCUT2D eigenvalue weighted by atomic mass is 32.2. The number of aryl methyl sites for hydroxylation is 1. The fourth-order valence-corrected chi connectivity index (χ4v) is 3.28. The third-order valence-corrected chi connectivity index (χ3v) is 4.38. The molecular formula is C13H23N5OS. The van der Waals surface area contributed by atoms with Gasteiger partial charge in [-0.15, -0.1) is 0 Å². The SMILES string of the molecule is CNC(C(=O)NCCN1CCSCC1)c1cnn(C)c1. The summed E-state index contributed by atoms with van der Waals surface area (Å²) in [5, 5.41) is 10.1. The van der Waals surface area contributed by atoms with E-state index in [9.17, 15) is 4.79 Å². The largest absolute Gasteiger partial charge is 0.353 e. The van der Waals surface area contributed by atoms with Gasteiger partial charge in [-0.05, 0) is 7.05 Å². The van der Waals surface area contributed by atoms with Gasteiger partial charge in [0.25, 0.3) is 0 Å². The van der Waals surface area contributed by atoms with Gasteiger partial charge in [0.05, 0.1) is 6.20 Å². The molecule has 6 nitrogen and oxygen atoms in total. The second kappa shape index (κ2) is 7.66. The Morgan fingerprint density at radius 1 is 1.50 bits per heavy atom. The number of rotatable bonds is 6. The zero-order valence-corrected chi connectivity index (χ0v) is 12.9. The molecule has 0 radical (unpaired) electrons. The molecule has 1 amide bonds. The fourth-order valence-electron chi connectivity index (χ4n) is 2.30. The summed E-state index contributed by atoms with van der Waals surface area (Å²) in [7, 11) is 3.64. The maximum absolute atomic E-state index is 12.2. The van der Waals surface area contributed by atoms with Crippen molar-refractivity contribution in [3.63, 3.8) is 0 Å². The predicted molar refractivity (Wildman–Crippen MR) is 81.8 cm³/mol. The van der Waals surface area contributed by atoms with Crippen LogP contribution in [0.5, 0.6) is 0 Å². The monoisotopic (exact) mass is 297 g/mol. The van der Waals surface area contributed by atoms with Crippen LogP contribution in [0.15, 0.2) is 12.4 Å². The highest BCUT2D eigenvalue weighted by molar-refractivity contribution is 7.99. The smallest absolute Gasteiger partial charge is 0.241 e. The average molecular weight is 297 g/mol. The minimum absolute atomic E-state index is 0.00637. The van der Waals surface area contributed by atoms with Gasteiger partial charge in [-0.3, -0.25) is 14.4 Å². The van der Waals surface area contributed by atoms with Crippen LogP contribution in [0.2, 0.25) is 0 Å².